The van der Waals surface area contributed by atoms with Gasteiger partial charge in [-0.25, -0.2) is 14.8 Å². The number of rotatable bonds is 6. The van der Waals surface area contributed by atoms with Crippen molar-refractivity contribution in [2.45, 2.75) is 20.3 Å². The van der Waals surface area contributed by atoms with Crippen molar-refractivity contribution >= 4 is 29.2 Å². The predicted octanol–water partition coefficient (Wildman–Crippen LogP) is 4.13. The predicted molar refractivity (Wildman–Crippen MR) is 112 cm³/mol. The number of carbonyl (C=O) groups excluding carboxylic acids is 2. The van der Waals surface area contributed by atoms with Gasteiger partial charge >= 0.3 is 5.97 Å². The standard InChI is InChI=1S/C22H22N4O3/c1-4-15-7-5-6-8-18(15)25-22-23-14(2)13-19(26-22)20(27)24-17-11-9-16(10-12-17)21(28)29-3/h5-13H,4H2,1-3H3,(H,24,27)(H,23,25,26). The van der Waals surface area contributed by atoms with Crippen LogP contribution in [-0.4, -0.2) is 29.0 Å². The van der Waals surface area contributed by atoms with Crippen LogP contribution in [0.1, 0.15) is 39.0 Å². The van der Waals surface area contributed by atoms with E-state index in [0.29, 0.717) is 22.9 Å². The maximum absolute atomic E-state index is 12.6. The number of para-hydroxylation sites is 1. The van der Waals surface area contributed by atoms with Crippen LogP contribution in [0.5, 0.6) is 0 Å². The molecule has 3 rings (SSSR count). The van der Waals surface area contributed by atoms with Crippen LogP contribution in [0.25, 0.3) is 0 Å². The Bertz CT molecular complexity index is 1030. The molecule has 0 saturated heterocycles. The van der Waals surface area contributed by atoms with Crippen molar-refractivity contribution in [1.82, 2.24) is 9.97 Å². The number of benzene rings is 2. The normalized spacial score (nSPS) is 10.3. The highest BCUT2D eigenvalue weighted by molar-refractivity contribution is 6.03. The van der Waals surface area contributed by atoms with E-state index in [0.717, 1.165) is 17.7 Å². The highest BCUT2D eigenvalue weighted by Gasteiger charge is 2.13. The molecule has 29 heavy (non-hydrogen) atoms. The van der Waals surface area contributed by atoms with E-state index in [1.807, 2.05) is 24.3 Å². The molecule has 0 atom stereocenters. The third-order valence-corrected chi connectivity index (χ3v) is 4.30. The van der Waals surface area contributed by atoms with E-state index in [2.05, 4.69) is 32.3 Å². The number of aryl methyl sites for hydroxylation is 2. The third-order valence-electron chi connectivity index (χ3n) is 4.30. The Morgan fingerprint density at radius 1 is 1.03 bits per heavy atom. The number of carbonyl (C=O) groups is 2. The summed E-state index contributed by atoms with van der Waals surface area (Å²) in [6.07, 6.45) is 0.865. The van der Waals surface area contributed by atoms with Gasteiger partial charge in [-0.3, -0.25) is 4.79 Å². The van der Waals surface area contributed by atoms with Gasteiger partial charge in [0.25, 0.3) is 5.91 Å². The molecule has 1 amide bonds. The number of hydrogen-bond donors (Lipinski definition) is 2. The summed E-state index contributed by atoms with van der Waals surface area (Å²) in [7, 11) is 1.32. The second-order valence-corrected chi connectivity index (χ2v) is 6.38. The molecule has 0 aliphatic carbocycles. The number of nitrogens with one attached hydrogen (secondary N) is 2. The van der Waals surface area contributed by atoms with Crippen molar-refractivity contribution < 1.29 is 14.3 Å². The van der Waals surface area contributed by atoms with Gasteiger partial charge in [0.05, 0.1) is 12.7 Å². The number of hydrogen-bond acceptors (Lipinski definition) is 6. The molecule has 2 aromatic carbocycles. The van der Waals surface area contributed by atoms with Crippen molar-refractivity contribution in [3.05, 3.63) is 77.1 Å². The number of amides is 1. The zero-order chi connectivity index (χ0) is 20.8. The summed E-state index contributed by atoms with van der Waals surface area (Å²) in [5.41, 5.74) is 3.91. The first kappa shape index (κ1) is 20.0. The van der Waals surface area contributed by atoms with Crippen LogP contribution in [0.15, 0.2) is 54.6 Å². The minimum Gasteiger partial charge on any atom is -0.465 e. The quantitative estimate of drug-likeness (QED) is 0.615. The molecular weight excluding hydrogens is 368 g/mol. The smallest absolute Gasteiger partial charge is 0.337 e. The summed E-state index contributed by atoms with van der Waals surface area (Å²) >= 11 is 0. The molecule has 0 fully saturated rings. The molecule has 3 aromatic rings. The lowest BCUT2D eigenvalue weighted by Crippen LogP contribution is -2.15. The molecule has 0 radical (unpaired) electrons. The van der Waals surface area contributed by atoms with Gasteiger partial charge in [0.2, 0.25) is 5.95 Å². The number of ether oxygens (including phenoxy) is 1. The van der Waals surface area contributed by atoms with Gasteiger partial charge in [0.15, 0.2) is 0 Å². The average molecular weight is 390 g/mol. The highest BCUT2D eigenvalue weighted by atomic mass is 16.5. The average Bonchev–Trinajstić information content (AvgIpc) is 2.73. The fourth-order valence-electron chi connectivity index (χ4n) is 2.81. The Balaban J connectivity index is 1.78. The minimum atomic E-state index is -0.433. The Kier molecular flexibility index (Phi) is 6.19. The number of esters is 1. The molecule has 1 heterocycles. The molecule has 0 saturated carbocycles. The number of methoxy groups -OCH3 is 1. The molecule has 1 aromatic heterocycles. The lowest BCUT2D eigenvalue weighted by atomic mass is 10.1. The topological polar surface area (TPSA) is 93.2 Å². The summed E-state index contributed by atoms with van der Waals surface area (Å²) in [5.74, 6) is -0.442. The van der Waals surface area contributed by atoms with Crippen LogP contribution in [0.2, 0.25) is 0 Å². The second kappa shape index (κ2) is 8.97. The Hall–Kier alpha value is -3.74. The van der Waals surface area contributed by atoms with Crippen molar-refractivity contribution in [3.8, 4) is 0 Å². The highest BCUT2D eigenvalue weighted by Crippen LogP contribution is 2.20. The second-order valence-electron chi connectivity index (χ2n) is 6.38. The number of anilines is 3. The lowest BCUT2D eigenvalue weighted by Gasteiger charge is -2.11. The SMILES string of the molecule is CCc1ccccc1Nc1nc(C)cc(C(=O)Nc2ccc(C(=O)OC)cc2)n1. The van der Waals surface area contributed by atoms with Crippen LogP contribution in [0.4, 0.5) is 17.3 Å². The first-order valence-corrected chi connectivity index (χ1v) is 9.20. The summed E-state index contributed by atoms with van der Waals surface area (Å²) in [6, 6.07) is 16.0. The summed E-state index contributed by atoms with van der Waals surface area (Å²) < 4.78 is 4.67. The Labute approximate surface area is 169 Å². The first-order valence-electron chi connectivity index (χ1n) is 9.20. The minimum absolute atomic E-state index is 0.242. The van der Waals surface area contributed by atoms with Gasteiger partial charge in [-0.05, 0) is 55.3 Å². The number of nitrogens with zero attached hydrogens (tertiary/aromatic N) is 2. The molecule has 0 unspecified atom stereocenters. The summed E-state index contributed by atoms with van der Waals surface area (Å²) in [5, 5.41) is 5.97. The molecular formula is C22H22N4O3. The van der Waals surface area contributed by atoms with Crippen LogP contribution in [0, 0.1) is 6.92 Å². The van der Waals surface area contributed by atoms with Gasteiger partial charge in [0, 0.05) is 17.1 Å². The van der Waals surface area contributed by atoms with Crippen LogP contribution in [-0.2, 0) is 11.2 Å². The van der Waals surface area contributed by atoms with Gasteiger partial charge in [-0.2, -0.15) is 0 Å². The lowest BCUT2D eigenvalue weighted by molar-refractivity contribution is 0.0600. The van der Waals surface area contributed by atoms with Crippen LogP contribution < -0.4 is 10.6 Å². The largest absolute Gasteiger partial charge is 0.465 e. The van der Waals surface area contributed by atoms with E-state index >= 15 is 0 Å². The summed E-state index contributed by atoms with van der Waals surface area (Å²) in [6.45, 7) is 3.88. The van der Waals surface area contributed by atoms with Gasteiger partial charge < -0.3 is 15.4 Å². The van der Waals surface area contributed by atoms with Gasteiger partial charge in [-0.1, -0.05) is 25.1 Å². The van der Waals surface area contributed by atoms with E-state index in [1.165, 1.54) is 7.11 Å². The fraction of sp³-hybridized carbons (Fsp3) is 0.182. The monoisotopic (exact) mass is 390 g/mol. The molecule has 0 spiro atoms. The first-order chi connectivity index (χ1) is 14.0. The van der Waals surface area contributed by atoms with E-state index in [1.54, 1.807) is 37.3 Å². The third kappa shape index (κ3) is 4.95. The molecule has 7 heteroatoms. The van der Waals surface area contributed by atoms with Crippen LogP contribution in [0.3, 0.4) is 0 Å². The molecule has 0 aliphatic heterocycles. The van der Waals surface area contributed by atoms with Crippen molar-refractivity contribution in [1.29, 1.82) is 0 Å². The fourth-order valence-corrected chi connectivity index (χ4v) is 2.81. The summed E-state index contributed by atoms with van der Waals surface area (Å²) in [4.78, 5) is 32.9. The maximum Gasteiger partial charge on any atom is 0.337 e. The van der Waals surface area contributed by atoms with E-state index < -0.39 is 5.97 Å². The van der Waals surface area contributed by atoms with E-state index in [9.17, 15) is 9.59 Å². The Morgan fingerprint density at radius 2 is 1.76 bits per heavy atom. The van der Waals surface area contributed by atoms with Crippen LogP contribution >= 0.6 is 0 Å². The van der Waals surface area contributed by atoms with E-state index in [-0.39, 0.29) is 11.6 Å². The molecule has 148 valence electrons. The molecule has 0 bridgehead atoms. The molecule has 2 N–H and O–H groups in total. The van der Waals surface area contributed by atoms with Gasteiger partial charge in [0.1, 0.15) is 5.69 Å². The molecule has 0 aliphatic rings. The van der Waals surface area contributed by atoms with Crippen molar-refractivity contribution in [3.63, 3.8) is 0 Å². The maximum atomic E-state index is 12.6. The number of aromatic nitrogens is 2. The van der Waals surface area contributed by atoms with Crippen molar-refractivity contribution in [2.75, 3.05) is 17.7 Å². The molecule has 7 nitrogen and oxygen atoms in total. The van der Waals surface area contributed by atoms with E-state index in [4.69, 9.17) is 0 Å². The zero-order valence-corrected chi connectivity index (χ0v) is 16.5. The van der Waals surface area contributed by atoms with Gasteiger partial charge in [-0.15, -0.1) is 0 Å². The zero-order valence-electron chi connectivity index (χ0n) is 16.5. The van der Waals surface area contributed by atoms with Crippen molar-refractivity contribution in [2.24, 2.45) is 0 Å². The Morgan fingerprint density at radius 3 is 2.45 bits per heavy atom.